The lowest BCUT2D eigenvalue weighted by Crippen LogP contribution is -2.58. The second-order valence-electron chi connectivity index (χ2n) is 12.2. The van der Waals surface area contributed by atoms with Gasteiger partial charge in [-0.1, -0.05) is 29.8 Å². The molecule has 2 amide bonds. The molecule has 2 fully saturated rings. The van der Waals surface area contributed by atoms with Crippen molar-refractivity contribution in [3.05, 3.63) is 83.5 Å². The van der Waals surface area contributed by atoms with Gasteiger partial charge >= 0.3 is 6.09 Å². The third-order valence-electron chi connectivity index (χ3n) is 9.20. The predicted octanol–water partition coefficient (Wildman–Crippen LogP) is 4.70. The second-order valence-corrected chi connectivity index (χ2v) is 14.0. The zero-order valence-electron chi connectivity index (χ0n) is 26.6. The molecule has 254 valence electrons. The van der Waals surface area contributed by atoms with Crippen LogP contribution in [0, 0.1) is 17.7 Å². The van der Waals surface area contributed by atoms with Crippen molar-refractivity contribution in [1.82, 2.24) is 14.9 Å². The summed E-state index contributed by atoms with van der Waals surface area (Å²) in [5, 5.41) is 8.77. The molecule has 4 atom stereocenters. The number of alkyl carbamates (subject to hydrolysis) is 1. The monoisotopic (exact) mass is 672 g/mol. The van der Waals surface area contributed by atoms with Gasteiger partial charge in [-0.15, -0.1) is 0 Å². The first-order valence-electron chi connectivity index (χ1n) is 16.0. The molecule has 2 heterocycles. The number of sulfonamides is 1. The Morgan fingerprint density at radius 3 is 2.51 bits per heavy atom. The first-order valence-corrected chi connectivity index (χ1v) is 17.4. The average molecular weight is 673 g/mol. The average Bonchev–Trinajstić information content (AvgIpc) is 3.50. The standard InChI is InChI=1S/C34H42F2N4O6S/c1-22-20-37-21-26(40(22)47(43,44)27-7-4-3-5-8-27)13-14-28-29(36)9-6-10-30(28)38-33(41)32(39-34(42)45-2)31(23-15-17-46-18-16-23)24-11-12-25(35)19-24/h3-10,12,19,22-23,26,31-32,37H,11,13-18,20-21H2,1-2H3,(H,38,41)(H,39,42)/t22-,26+,31?,32+/m1/s1. The third-order valence-corrected chi connectivity index (χ3v) is 11.3. The highest BCUT2D eigenvalue weighted by Gasteiger charge is 2.40. The van der Waals surface area contributed by atoms with E-state index in [4.69, 9.17) is 9.47 Å². The maximum absolute atomic E-state index is 15.5. The van der Waals surface area contributed by atoms with Crippen LogP contribution in [0.15, 0.2) is 77.0 Å². The Labute approximate surface area is 274 Å². The number of hydrogen-bond acceptors (Lipinski definition) is 7. The molecule has 2 aliphatic heterocycles. The van der Waals surface area contributed by atoms with Gasteiger partial charge in [0.2, 0.25) is 15.9 Å². The van der Waals surface area contributed by atoms with Gasteiger partial charge in [-0.3, -0.25) is 4.79 Å². The van der Waals surface area contributed by atoms with Crippen LogP contribution < -0.4 is 16.0 Å². The number of hydrogen-bond donors (Lipinski definition) is 3. The van der Waals surface area contributed by atoms with Gasteiger partial charge in [-0.05, 0) is 81.4 Å². The van der Waals surface area contributed by atoms with E-state index in [1.165, 1.54) is 35.7 Å². The fourth-order valence-electron chi connectivity index (χ4n) is 6.94. The van der Waals surface area contributed by atoms with Gasteiger partial charge in [0.15, 0.2) is 0 Å². The molecule has 0 radical (unpaired) electrons. The Morgan fingerprint density at radius 1 is 1.09 bits per heavy atom. The molecule has 0 saturated carbocycles. The summed E-state index contributed by atoms with van der Waals surface area (Å²) in [6.07, 6.45) is 3.92. The van der Waals surface area contributed by atoms with Crippen molar-refractivity contribution in [1.29, 1.82) is 0 Å². The van der Waals surface area contributed by atoms with Crippen molar-refractivity contribution in [3.8, 4) is 0 Å². The molecule has 3 N–H and O–H groups in total. The van der Waals surface area contributed by atoms with Gasteiger partial charge in [-0.25, -0.2) is 22.0 Å². The molecule has 0 spiro atoms. The molecule has 1 unspecified atom stereocenters. The number of allylic oxidation sites excluding steroid dienone is 3. The summed E-state index contributed by atoms with van der Waals surface area (Å²) in [6.45, 7) is 3.62. The van der Waals surface area contributed by atoms with Gasteiger partial charge < -0.3 is 25.4 Å². The maximum Gasteiger partial charge on any atom is 0.407 e. The van der Waals surface area contributed by atoms with Crippen LogP contribution in [0.1, 0.15) is 38.2 Å². The SMILES string of the molecule is COC(=O)N[C@H](C(=O)Nc1cccc(F)c1CC[C@H]1CNC[C@@H](C)N1S(=O)(=O)c1ccccc1)C(C1=CC(F)=CC1)C1CCOCC1. The number of carbonyl (C=O) groups is 2. The lowest BCUT2D eigenvalue weighted by atomic mass is 9.75. The van der Waals surface area contributed by atoms with Gasteiger partial charge in [0, 0.05) is 55.6 Å². The van der Waals surface area contributed by atoms with Crippen LogP contribution >= 0.6 is 0 Å². The molecule has 10 nitrogen and oxygen atoms in total. The highest BCUT2D eigenvalue weighted by molar-refractivity contribution is 7.89. The van der Waals surface area contributed by atoms with Gasteiger partial charge in [0.1, 0.15) is 17.7 Å². The smallest absolute Gasteiger partial charge is 0.407 e. The quantitative estimate of drug-likeness (QED) is 0.316. The van der Waals surface area contributed by atoms with E-state index in [0.29, 0.717) is 51.1 Å². The first kappa shape index (κ1) is 34.7. The summed E-state index contributed by atoms with van der Waals surface area (Å²) in [5.74, 6) is -2.22. The molecule has 0 aromatic heterocycles. The van der Waals surface area contributed by atoms with E-state index in [-0.39, 0.29) is 40.9 Å². The van der Waals surface area contributed by atoms with E-state index < -0.39 is 51.7 Å². The number of benzene rings is 2. The van der Waals surface area contributed by atoms with Crippen molar-refractivity contribution in [2.24, 2.45) is 11.8 Å². The number of anilines is 1. The van der Waals surface area contributed by atoms with Gasteiger partial charge in [-0.2, -0.15) is 4.31 Å². The van der Waals surface area contributed by atoms with E-state index in [1.807, 2.05) is 6.92 Å². The number of piperazine rings is 1. The number of ether oxygens (including phenoxy) is 2. The van der Waals surface area contributed by atoms with Crippen LogP contribution in [-0.2, 0) is 30.7 Å². The van der Waals surface area contributed by atoms with Crippen molar-refractivity contribution in [3.63, 3.8) is 0 Å². The first-order chi connectivity index (χ1) is 22.6. The Kier molecular flexibility index (Phi) is 11.4. The molecular formula is C34H42F2N4O6S. The van der Waals surface area contributed by atoms with E-state index in [0.717, 1.165) is 0 Å². The Hall–Kier alpha value is -3.65. The lowest BCUT2D eigenvalue weighted by molar-refractivity contribution is -0.119. The van der Waals surface area contributed by atoms with E-state index >= 15 is 4.39 Å². The minimum absolute atomic E-state index is 0.0903. The molecular weight excluding hydrogens is 630 g/mol. The van der Waals surface area contributed by atoms with Crippen LogP contribution in [0.25, 0.3) is 0 Å². The van der Waals surface area contributed by atoms with Crippen LogP contribution in [0.3, 0.4) is 0 Å². The zero-order chi connectivity index (χ0) is 33.6. The second kappa shape index (κ2) is 15.5. The molecule has 2 aromatic carbocycles. The molecule has 5 rings (SSSR count). The van der Waals surface area contributed by atoms with Crippen LogP contribution in [0.5, 0.6) is 0 Å². The van der Waals surface area contributed by atoms with E-state index in [9.17, 15) is 22.4 Å². The fraction of sp³-hybridized carbons (Fsp3) is 0.471. The van der Waals surface area contributed by atoms with Crippen LogP contribution in [-0.4, -0.2) is 76.3 Å². The number of nitrogens with one attached hydrogen (secondary N) is 3. The van der Waals surface area contributed by atoms with Gasteiger partial charge in [0.05, 0.1) is 12.0 Å². The Morgan fingerprint density at radius 2 is 1.83 bits per heavy atom. The number of amides is 2. The summed E-state index contributed by atoms with van der Waals surface area (Å²) in [6, 6.07) is 10.6. The molecule has 13 heteroatoms. The zero-order valence-corrected chi connectivity index (χ0v) is 27.4. The van der Waals surface area contributed by atoms with Crippen LogP contribution in [0.4, 0.5) is 19.3 Å². The Balaban J connectivity index is 1.40. The fourth-order valence-corrected chi connectivity index (χ4v) is 8.80. The lowest BCUT2D eigenvalue weighted by Gasteiger charge is -2.40. The molecule has 0 bridgehead atoms. The van der Waals surface area contributed by atoms with Crippen molar-refractivity contribution < 1.29 is 36.3 Å². The summed E-state index contributed by atoms with van der Waals surface area (Å²) in [5.41, 5.74) is 1.09. The highest BCUT2D eigenvalue weighted by atomic mass is 32.2. The van der Waals surface area contributed by atoms with Crippen molar-refractivity contribution in [2.45, 2.75) is 62.0 Å². The van der Waals surface area contributed by atoms with E-state index in [1.54, 1.807) is 36.4 Å². The molecule has 1 aliphatic carbocycles. The van der Waals surface area contributed by atoms with Crippen molar-refractivity contribution >= 4 is 27.7 Å². The third kappa shape index (κ3) is 8.08. The highest BCUT2D eigenvalue weighted by Crippen LogP contribution is 2.38. The predicted molar refractivity (Wildman–Crippen MR) is 173 cm³/mol. The largest absolute Gasteiger partial charge is 0.453 e. The molecule has 2 aromatic rings. The Bertz CT molecular complexity index is 1600. The van der Waals surface area contributed by atoms with Gasteiger partial charge in [0.25, 0.3) is 0 Å². The molecule has 47 heavy (non-hydrogen) atoms. The molecule has 3 aliphatic rings. The van der Waals surface area contributed by atoms with E-state index in [2.05, 4.69) is 16.0 Å². The number of halogens is 2. The molecule has 2 saturated heterocycles. The maximum atomic E-state index is 15.5. The number of nitrogens with zero attached hydrogens (tertiary/aromatic N) is 1. The minimum atomic E-state index is -3.83. The summed E-state index contributed by atoms with van der Waals surface area (Å²) >= 11 is 0. The summed E-state index contributed by atoms with van der Waals surface area (Å²) < 4.78 is 69.0. The normalized spacial score (nSPS) is 22.1. The van der Waals surface area contributed by atoms with Crippen molar-refractivity contribution in [2.75, 3.05) is 38.7 Å². The topological polar surface area (TPSA) is 126 Å². The van der Waals surface area contributed by atoms with Crippen LogP contribution in [0.2, 0.25) is 0 Å². The number of methoxy groups -OCH3 is 1. The number of rotatable bonds is 11. The number of carbonyl (C=O) groups excluding carboxylic acids is 2. The summed E-state index contributed by atoms with van der Waals surface area (Å²) in [4.78, 5) is 26.8. The minimum Gasteiger partial charge on any atom is -0.453 e. The summed E-state index contributed by atoms with van der Waals surface area (Å²) in [7, 11) is -2.64.